The Morgan fingerprint density at radius 3 is 2.50 bits per heavy atom. The highest BCUT2D eigenvalue weighted by atomic mass is 32.2. The fourth-order valence-corrected chi connectivity index (χ4v) is 3.45. The lowest BCUT2D eigenvalue weighted by Gasteiger charge is -2.25. The topological polar surface area (TPSA) is 73.8 Å². The molecule has 0 amide bonds. The smallest absolute Gasteiger partial charge is 0.213 e. The van der Waals surface area contributed by atoms with E-state index in [1.165, 1.54) is 36.4 Å². The maximum Gasteiger partial charge on any atom is 0.213 e. The van der Waals surface area contributed by atoms with Crippen LogP contribution in [0.3, 0.4) is 0 Å². The highest BCUT2D eigenvalue weighted by Gasteiger charge is 2.15. The second-order valence-corrected chi connectivity index (χ2v) is 8.18. The molecular weight excluding hydrogens is 300 g/mol. The number of rotatable bonds is 8. The van der Waals surface area contributed by atoms with Crippen molar-refractivity contribution in [2.24, 2.45) is 4.99 Å². The van der Waals surface area contributed by atoms with Gasteiger partial charge in [0, 0.05) is 32.7 Å². The number of aliphatic imine (C=N–C) groups is 1. The van der Waals surface area contributed by atoms with E-state index in [4.69, 9.17) is 0 Å². The Morgan fingerprint density at radius 1 is 1.23 bits per heavy atom. The van der Waals surface area contributed by atoms with E-state index in [0.29, 0.717) is 19.1 Å². The Hall–Kier alpha value is -0.820. The number of guanidine groups is 1. The molecule has 6 nitrogen and oxygen atoms in total. The molecule has 1 saturated carbocycles. The molecule has 0 atom stereocenters. The van der Waals surface area contributed by atoms with Gasteiger partial charge in [0.05, 0.1) is 5.75 Å². The van der Waals surface area contributed by atoms with Gasteiger partial charge in [-0.2, -0.15) is 0 Å². The van der Waals surface area contributed by atoms with Crippen LogP contribution in [0.25, 0.3) is 0 Å². The van der Waals surface area contributed by atoms with Crippen molar-refractivity contribution >= 4 is 16.0 Å². The highest BCUT2D eigenvalue weighted by Crippen LogP contribution is 2.17. The zero-order valence-corrected chi connectivity index (χ0v) is 15.1. The van der Waals surface area contributed by atoms with Gasteiger partial charge in [-0.3, -0.25) is 4.99 Å². The lowest BCUT2D eigenvalue weighted by atomic mass is 9.96. The summed E-state index contributed by atoms with van der Waals surface area (Å²) in [5.74, 6) is 1.01. The zero-order chi connectivity index (χ0) is 16.4. The summed E-state index contributed by atoms with van der Waals surface area (Å²) in [6, 6.07) is 0.523. The molecule has 22 heavy (non-hydrogen) atoms. The van der Waals surface area contributed by atoms with Gasteiger partial charge in [0.2, 0.25) is 10.0 Å². The van der Waals surface area contributed by atoms with Crippen molar-refractivity contribution in [1.82, 2.24) is 14.9 Å². The minimum Gasteiger partial charge on any atom is -0.357 e. The third-order valence-corrected chi connectivity index (χ3v) is 5.89. The second-order valence-electron chi connectivity index (χ2n) is 5.82. The molecule has 0 heterocycles. The molecule has 1 rings (SSSR count). The molecule has 1 fully saturated rings. The highest BCUT2D eigenvalue weighted by molar-refractivity contribution is 7.89. The van der Waals surface area contributed by atoms with Crippen LogP contribution in [0.2, 0.25) is 0 Å². The summed E-state index contributed by atoms with van der Waals surface area (Å²) < 4.78 is 24.7. The van der Waals surface area contributed by atoms with Crippen LogP contribution in [0, 0.1) is 0 Å². The standard InChI is InChI=1S/C15H32N4O2S/c1-4-16-15(18-14-10-7-6-8-11-14)17-12-9-13-19(3)22(20,21)5-2/h14H,4-13H2,1-3H3,(H2,16,17,18). The molecule has 0 radical (unpaired) electrons. The van der Waals surface area contributed by atoms with Gasteiger partial charge < -0.3 is 10.6 Å². The SMILES string of the molecule is CCNC(=NCCCN(C)S(=O)(=O)CC)NC1CCCCC1. The van der Waals surface area contributed by atoms with Crippen molar-refractivity contribution < 1.29 is 8.42 Å². The van der Waals surface area contributed by atoms with E-state index in [1.807, 2.05) is 0 Å². The van der Waals surface area contributed by atoms with E-state index in [2.05, 4.69) is 22.5 Å². The number of nitrogens with zero attached hydrogens (tertiary/aromatic N) is 2. The molecule has 0 spiro atoms. The van der Waals surface area contributed by atoms with Crippen molar-refractivity contribution in [3.8, 4) is 0 Å². The minimum atomic E-state index is -3.08. The summed E-state index contributed by atoms with van der Waals surface area (Å²) in [4.78, 5) is 4.56. The van der Waals surface area contributed by atoms with Gasteiger partial charge in [0.25, 0.3) is 0 Å². The van der Waals surface area contributed by atoms with Crippen molar-refractivity contribution in [2.45, 2.75) is 58.4 Å². The van der Waals surface area contributed by atoms with Crippen molar-refractivity contribution in [1.29, 1.82) is 0 Å². The molecule has 0 aromatic rings. The van der Waals surface area contributed by atoms with Crippen molar-refractivity contribution in [3.05, 3.63) is 0 Å². The monoisotopic (exact) mass is 332 g/mol. The molecule has 0 bridgehead atoms. The molecular formula is C15H32N4O2S. The quantitative estimate of drug-likeness (QED) is 0.402. The largest absolute Gasteiger partial charge is 0.357 e. The predicted molar refractivity (Wildman–Crippen MR) is 92.7 cm³/mol. The van der Waals surface area contributed by atoms with Crippen molar-refractivity contribution in [2.75, 3.05) is 32.4 Å². The maximum absolute atomic E-state index is 11.7. The minimum absolute atomic E-state index is 0.151. The zero-order valence-electron chi connectivity index (χ0n) is 14.3. The average molecular weight is 333 g/mol. The van der Waals surface area contributed by atoms with E-state index in [0.717, 1.165) is 18.9 Å². The second kappa shape index (κ2) is 10.0. The Bertz CT molecular complexity index is 431. The molecule has 130 valence electrons. The fraction of sp³-hybridized carbons (Fsp3) is 0.933. The number of nitrogens with one attached hydrogen (secondary N) is 2. The molecule has 0 saturated heterocycles. The first-order valence-electron chi connectivity index (χ1n) is 8.48. The lowest BCUT2D eigenvalue weighted by molar-refractivity contribution is 0.410. The van der Waals surface area contributed by atoms with Crippen LogP contribution in [0.1, 0.15) is 52.4 Å². The van der Waals surface area contributed by atoms with Crippen LogP contribution < -0.4 is 10.6 Å². The summed E-state index contributed by atoms with van der Waals surface area (Å²) in [6.45, 7) is 5.71. The Balaban J connectivity index is 2.38. The first-order chi connectivity index (χ1) is 10.5. The summed E-state index contributed by atoms with van der Waals surface area (Å²) in [5, 5.41) is 6.76. The fourth-order valence-electron chi connectivity index (χ4n) is 2.60. The summed E-state index contributed by atoms with van der Waals surface area (Å²) in [6.07, 6.45) is 7.07. The molecule has 1 aliphatic carbocycles. The summed E-state index contributed by atoms with van der Waals surface area (Å²) >= 11 is 0. The van der Waals surface area contributed by atoms with Crippen LogP contribution in [0.15, 0.2) is 4.99 Å². The van der Waals surface area contributed by atoms with E-state index in [-0.39, 0.29) is 5.75 Å². The van der Waals surface area contributed by atoms with Gasteiger partial charge >= 0.3 is 0 Å². The first kappa shape index (κ1) is 19.2. The van der Waals surface area contributed by atoms with Crippen LogP contribution in [0.5, 0.6) is 0 Å². The van der Waals surface area contributed by atoms with Crippen molar-refractivity contribution in [3.63, 3.8) is 0 Å². The lowest BCUT2D eigenvalue weighted by Crippen LogP contribution is -2.44. The van der Waals surface area contributed by atoms with Crippen LogP contribution >= 0.6 is 0 Å². The maximum atomic E-state index is 11.7. The third kappa shape index (κ3) is 6.96. The normalized spacial score (nSPS) is 17.7. The first-order valence-corrected chi connectivity index (χ1v) is 10.1. The van der Waals surface area contributed by atoms with E-state index in [1.54, 1.807) is 14.0 Å². The van der Waals surface area contributed by atoms with Gasteiger partial charge in [-0.25, -0.2) is 12.7 Å². The molecule has 1 aliphatic rings. The Kier molecular flexibility index (Phi) is 8.78. The molecule has 7 heteroatoms. The Labute approximate surface area is 135 Å². The Morgan fingerprint density at radius 2 is 1.91 bits per heavy atom. The molecule has 0 aliphatic heterocycles. The molecule has 2 N–H and O–H groups in total. The van der Waals surface area contributed by atoms with Crippen LogP contribution in [0.4, 0.5) is 0 Å². The van der Waals surface area contributed by atoms with Gasteiger partial charge in [-0.05, 0) is 33.1 Å². The van der Waals surface area contributed by atoms with Crippen LogP contribution in [-0.4, -0.2) is 57.2 Å². The summed E-state index contributed by atoms with van der Waals surface area (Å²) in [7, 11) is -1.45. The number of hydrogen-bond donors (Lipinski definition) is 2. The molecule has 0 unspecified atom stereocenters. The third-order valence-electron chi connectivity index (χ3n) is 4.03. The molecule has 0 aromatic heterocycles. The predicted octanol–water partition coefficient (Wildman–Crippen LogP) is 1.55. The van der Waals surface area contributed by atoms with E-state index < -0.39 is 10.0 Å². The van der Waals surface area contributed by atoms with Gasteiger partial charge in [0.15, 0.2) is 5.96 Å². The summed E-state index contributed by atoms with van der Waals surface area (Å²) in [5.41, 5.74) is 0. The number of sulfonamides is 1. The van der Waals surface area contributed by atoms with Gasteiger partial charge in [-0.15, -0.1) is 0 Å². The van der Waals surface area contributed by atoms with Gasteiger partial charge in [0.1, 0.15) is 0 Å². The number of hydrogen-bond acceptors (Lipinski definition) is 3. The van der Waals surface area contributed by atoms with Crippen LogP contribution in [-0.2, 0) is 10.0 Å². The van der Waals surface area contributed by atoms with E-state index in [9.17, 15) is 8.42 Å². The molecule has 0 aromatic carbocycles. The average Bonchev–Trinajstić information content (AvgIpc) is 2.52. The van der Waals surface area contributed by atoms with Gasteiger partial charge in [-0.1, -0.05) is 19.3 Å². The van der Waals surface area contributed by atoms with E-state index >= 15 is 0 Å².